The minimum absolute atomic E-state index is 0.343. The van der Waals surface area contributed by atoms with Crippen LogP contribution in [0.2, 0.25) is 0 Å². The minimum Gasteiger partial charge on any atom is -0.389 e. The molecule has 0 aliphatic heterocycles. The van der Waals surface area contributed by atoms with Crippen molar-refractivity contribution >= 4 is 5.69 Å². The Hall–Kier alpha value is -1.17. The number of aliphatic hydroxyl groups excluding tert-OH is 1. The van der Waals surface area contributed by atoms with Gasteiger partial charge in [0, 0.05) is 37.6 Å². The van der Waals surface area contributed by atoms with E-state index < -0.39 is 6.10 Å². The van der Waals surface area contributed by atoms with E-state index in [0.29, 0.717) is 45.1 Å². The summed E-state index contributed by atoms with van der Waals surface area (Å²) in [5.74, 6) is -0.343. The lowest BCUT2D eigenvalue weighted by Crippen LogP contribution is -2.32. The van der Waals surface area contributed by atoms with Crippen molar-refractivity contribution in [3.05, 3.63) is 29.6 Å². The molecule has 0 saturated carbocycles. The molecule has 1 rings (SSSR count). The molecule has 0 bridgehead atoms. The van der Waals surface area contributed by atoms with E-state index in [9.17, 15) is 9.50 Å². The Labute approximate surface area is 126 Å². The van der Waals surface area contributed by atoms with Crippen molar-refractivity contribution in [2.24, 2.45) is 0 Å². The molecule has 0 aliphatic carbocycles. The maximum absolute atomic E-state index is 13.4. The fraction of sp³-hybridized carbons (Fsp3) is 0.625. The fourth-order valence-electron chi connectivity index (χ4n) is 2.14. The molecule has 0 radical (unpaired) electrons. The summed E-state index contributed by atoms with van der Waals surface area (Å²) < 4.78 is 24.2. The summed E-state index contributed by atoms with van der Waals surface area (Å²) in [6.45, 7) is 9.36. The number of aliphatic hydroxyl groups is 1. The van der Waals surface area contributed by atoms with Crippen LogP contribution in [0.25, 0.3) is 0 Å². The van der Waals surface area contributed by atoms with E-state index in [1.54, 1.807) is 13.0 Å². The normalized spacial score (nSPS) is 12.4. The number of anilines is 1. The highest BCUT2D eigenvalue weighted by molar-refractivity contribution is 5.54. The van der Waals surface area contributed by atoms with Crippen LogP contribution in [0, 0.1) is 5.82 Å². The first kappa shape index (κ1) is 17.9. The van der Waals surface area contributed by atoms with Gasteiger partial charge in [-0.15, -0.1) is 0 Å². The first-order chi connectivity index (χ1) is 10.1. The molecule has 0 saturated heterocycles. The Balaban J connectivity index is 2.89. The third-order valence-corrected chi connectivity index (χ3v) is 3.20. The molecule has 21 heavy (non-hydrogen) atoms. The molecular weight excluding hydrogens is 273 g/mol. The van der Waals surface area contributed by atoms with Gasteiger partial charge in [0.25, 0.3) is 0 Å². The van der Waals surface area contributed by atoms with Crippen molar-refractivity contribution < 1.29 is 19.0 Å². The van der Waals surface area contributed by atoms with E-state index in [0.717, 1.165) is 5.69 Å². The average molecular weight is 299 g/mol. The summed E-state index contributed by atoms with van der Waals surface area (Å²) in [6, 6.07) is 4.50. The first-order valence-electron chi connectivity index (χ1n) is 7.48. The molecule has 0 amide bonds. The highest BCUT2D eigenvalue weighted by Crippen LogP contribution is 2.27. The number of rotatable bonds is 10. The van der Waals surface area contributed by atoms with Gasteiger partial charge in [-0.2, -0.15) is 0 Å². The second kappa shape index (κ2) is 9.71. The summed E-state index contributed by atoms with van der Waals surface area (Å²) in [4.78, 5) is 2.06. The molecule has 0 fully saturated rings. The predicted molar refractivity (Wildman–Crippen MR) is 82.2 cm³/mol. The van der Waals surface area contributed by atoms with Gasteiger partial charge in [0.2, 0.25) is 0 Å². The average Bonchev–Trinajstić information content (AvgIpc) is 2.46. The minimum atomic E-state index is -0.725. The molecule has 1 aromatic carbocycles. The van der Waals surface area contributed by atoms with Gasteiger partial charge in [0.1, 0.15) is 5.82 Å². The molecule has 1 N–H and O–H groups in total. The topological polar surface area (TPSA) is 41.9 Å². The molecule has 0 heterocycles. The molecule has 120 valence electrons. The van der Waals surface area contributed by atoms with Crippen LogP contribution >= 0.6 is 0 Å². The third-order valence-electron chi connectivity index (χ3n) is 3.20. The zero-order valence-electron chi connectivity index (χ0n) is 13.1. The van der Waals surface area contributed by atoms with Crippen LogP contribution in [0.3, 0.4) is 0 Å². The van der Waals surface area contributed by atoms with Crippen LogP contribution < -0.4 is 4.90 Å². The lowest BCUT2D eigenvalue weighted by molar-refractivity contribution is 0.141. The van der Waals surface area contributed by atoms with Gasteiger partial charge in [-0.1, -0.05) is 0 Å². The van der Waals surface area contributed by atoms with Crippen LogP contribution in [-0.4, -0.2) is 44.6 Å². The van der Waals surface area contributed by atoms with Gasteiger partial charge in [0.15, 0.2) is 0 Å². The molecule has 4 nitrogen and oxygen atoms in total. The highest BCUT2D eigenvalue weighted by atomic mass is 19.1. The number of hydrogen-bond donors (Lipinski definition) is 1. The summed E-state index contributed by atoms with van der Waals surface area (Å²) in [7, 11) is 0. The van der Waals surface area contributed by atoms with Crippen molar-refractivity contribution in [1.82, 2.24) is 0 Å². The lowest BCUT2D eigenvalue weighted by Gasteiger charge is -2.28. The zero-order valence-corrected chi connectivity index (χ0v) is 13.1. The van der Waals surface area contributed by atoms with Gasteiger partial charge in [-0.25, -0.2) is 4.39 Å². The Morgan fingerprint density at radius 3 is 2.19 bits per heavy atom. The first-order valence-corrected chi connectivity index (χ1v) is 7.48. The summed E-state index contributed by atoms with van der Waals surface area (Å²) in [6.07, 6.45) is -0.725. The molecule has 5 heteroatoms. The van der Waals surface area contributed by atoms with Crippen molar-refractivity contribution in [3.8, 4) is 0 Å². The molecule has 1 unspecified atom stereocenters. The second-order valence-electron chi connectivity index (χ2n) is 4.76. The van der Waals surface area contributed by atoms with Crippen LogP contribution in [0.15, 0.2) is 18.2 Å². The zero-order chi connectivity index (χ0) is 15.7. The molecule has 1 aromatic rings. The molecular formula is C16H26FNO3. The van der Waals surface area contributed by atoms with Crippen molar-refractivity contribution in [2.75, 3.05) is 44.4 Å². The SMILES string of the molecule is CCOCCN(CCOCC)c1ccc(F)cc1C(C)O. The number of benzene rings is 1. The number of nitrogens with zero attached hydrogens (tertiary/aromatic N) is 1. The predicted octanol–water partition coefficient (Wildman–Crippen LogP) is 2.76. The standard InChI is InChI=1S/C16H26FNO3/c1-4-20-10-8-18(9-11-21-5-2)16-7-6-14(17)12-15(16)13(3)19/h6-7,12-13,19H,4-5,8-11H2,1-3H3. The van der Waals surface area contributed by atoms with Crippen LogP contribution in [0.1, 0.15) is 32.4 Å². The second-order valence-corrected chi connectivity index (χ2v) is 4.76. The van der Waals surface area contributed by atoms with Crippen molar-refractivity contribution in [3.63, 3.8) is 0 Å². The number of halogens is 1. The maximum atomic E-state index is 13.4. The molecule has 0 aliphatic rings. The van der Waals surface area contributed by atoms with E-state index in [-0.39, 0.29) is 5.82 Å². The Kier molecular flexibility index (Phi) is 8.27. The van der Waals surface area contributed by atoms with Gasteiger partial charge >= 0.3 is 0 Å². The van der Waals surface area contributed by atoms with Gasteiger partial charge < -0.3 is 19.5 Å². The largest absolute Gasteiger partial charge is 0.389 e. The molecule has 0 aromatic heterocycles. The van der Waals surface area contributed by atoms with E-state index in [1.807, 2.05) is 13.8 Å². The van der Waals surface area contributed by atoms with E-state index in [2.05, 4.69) is 4.90 Å². The van der Waals surface area contributed by atoms with Gasteiger partial charge in [0.05, 0.1) is 19.3 Å². The Morgan fingerprint density at radius 1 is 1.14 bits per heavy atom. The Morgan fingerprint density at radius 2 is 1.71 bits per heavy atom. The van der Waals surface area contributed by atoms with Crippen LogP contribution in [0.4, 0.5) is 10.1 Å². The lowest BCUT2D eigenvalue weighted by atomic mass is 10.1. The number of hydrogen-bond acceptors (Lipinski definition) is 4. The smallest absolute Gasteiger partial charge is 0.123 e. The van der Waals surface area contributed by atoms with Crippen LogP contribution in [-0.2, 0) is 9.47 Å². The quantitative estimate of drug-likeness (QED) is 0.675. The van der Waals surface area contributed by atoms with Crippen LogP contribution in [0.5, 0.6) is 0 Å². The summed E-state index contributed by atoms with van der Waals surface area (Å²) in [5.41, 5.74) is 1.41. The summed E-state index contributed by atoms with van der Waals surface area (Å²) in [5, 5.41) is 9.87. The third kappa shape index (κ3) is 5.99. The van der Waals surface area contributed by atoms with Gasteiger partial charge in [-0.05, 0) is 39.0 Å². The van der Waals surface area contributed by atoms with E-state index in [1.165, 1.54) is 12.1 Å². The monoisotopic (exact) mass is 299 g/mol. The Bertz CT molecular complexity index is 403. The number of ether oxygens (including phenoxy) is 2. The van der Waals surface area contributed by atoms with E-state index >= 15 is 0 Å². The highest BCUT2D eigenvalue weighted by Gasteiger charge is 2.15. The van der Waals surface area contributed by atoms with E-state index in [4.69, 9.17) is 9.47 Å². The summed E-state index contributed by atoms with van der Waals surface area (Å²) >= 11 is 0. The van der Waals surface area contributed by atoms with Crippen molar-refractivity contribution in [2.45, 2.75) is 26.9 Å². The van der Waals surface area contributed by atoms with Crippen molar-refractivity contribution in [1.29, 1.82) is 0 Å². The molecule has 1 atom stereocenters. The molecule has 0 spiro atoms. The maximum Gasteiger partial charge on any atom is 0.123 e. The van der Waals surface area contributed by atoms with Gasteiger partial charge in [-0.3, -0.25) is 0 Å². The fourth-order valence-corrected chi connectivity index (χ4v) is 2.14.